The normalized spacial score (nSPS) is 12.4. The number of thioether (sulfide) groups is 4. The summed E-state index contributed by atoms with van der Waals surface area (Å²) in [5.41, 5.74) is -38.2. The third-order valence-electron chi connectivity index (χ3n) is 17.3. The van der Waals surface area contributed by atoms with Gasteiger partial charge in [0, 0.05) is 53.0 Å². The number of rotatable bonds is 14. The molecule has 0 saturated carbocycles. The average Bonchev–Trinajstić information content (AvgIpc) is 1.57. The van der Waals surface area contributed by atoms with Crippen molar-refractivity contribution in [2.75, 3.05) is 23.0 Å². The zero-order chi connectivity index (χ0) is 83.0. The lowest BCUT2D eigenvalue weighted by molar-refractivity contribution is 0.381. The van der Waals surface area contributed by atoms with Crippen LogP contribution >= 0.6 is 47.0 Å². The standard InChI is InChI=1S/C74H30F30N6S4/c1-5-111-71-67-27(33-41(79)53(91)63(101)54(92)42(33)80)21-13-9-17(105-21)25(31-37(75)49(87)61(99)50(88)38(31)76)19-11-15-23(107-19)29(35-45(83)57(95)65(103)58(96)46(35)84)69-73(113-7-3)74(114-8-4)70(110-69)30(36-47(85)59(97)66(104)60(98)48(36)86)24-16-12-20(108-24)26(32-39(77)51(89)62(100)52(90)40(32)78)18-10-14-22(106-18)28(68(109-67)72(71)112-6-2)34-43(81)55(93)64(102)56(94)44(34)82/h9-16,109-110H,5-8H2,1-4H3. The molecule has 6 aromatic carbocycles. The number of aromatic nitrogens is 6. The van der Waals surface area contributed by atoms with E-state index in [0.29, 0.717) is 95.7 Å². The molecule has 4 aliphatic heterocycles. The summed E-state index contributed by atoms with van der Waals surface area (Å²) < 4.78 is 489. The summed E-state index contributed by atoms with van der Waals surface area (Å²) in [5, 5.41) is 0. The van der Waals surface area contributed by atoms with Crippen LogP contribution in [0.1, 0.15) is 73.2 Å². The highest BCUT2D eigenvalue weighted by Gasteiger charge is 2.40. The molecule has 4 aliphatic rings. The second-order valence-electron chi connectivity index (χ2n) is 23.6. The summed E-state index contributed by atoms with van der Waals surface area (Å²) in [5.74, 6) is -87.6. The van der Waals surface area contributed by atoms with Gasteiger partial charge in [0.05, 0.1) is 101 Å². The predicted octanol–water partition coefficient (Wildman–Crippen LogP) is 25.3. The Morgan fingerprint density at radius 3 is 0.421 bits per heavy atom. The molecule has 590 valence electrons. The molecule has 0 spiro atoms. The van der Waals surface area contributed by atoms with Gasteiger partial charge in [-0.1, -0.05) is 27.7 Å². The Kier molecular flexibility index (Phi) is 22.0. The molecule has 2 N–H and O–H groups in total. The minimum atomic E-state index is -2.92. The van der Waals surface area contributed by atoms with Crippen LogP contribution in [0.4, 0.5) is 132 Å². The molecule has 0 fully saturated rings. The summed E-state index contributed by atoms with van der Waals surface area (Å²) in [4.78, 5) is 18.4. The van der Waals surface area contributed by atoms with Crippen LogP contribution in [-0.4, -0.2) is 52.9 Å². The van der Waals surface area contributed by atoms with E-state index in [-0.39, 0.29) is 0 Å². The van der Waals surface area contributed by atoms with Gasteiger partial charge in [-0.2, -0.15) is 0 Å². The predicted molar refractivity (Wildman–Crippen MR) is 365 cm³/mol. The lowest BCUT2D eigenvalue weighted by Crippen LogP contribution is -2.06. The number of H-pyrrole nitrogens is 2. The van der Waals surface area contributed by atoms with E-state index >= 15 is 132 Å². The van der Waals surface area contributed by atoms with Crippen molar-refractivity contribution in [3.63, 3.8) is 0 Å². The fourth-order valence-electron chi connectivity index (χ4n) is 12.6. The lowest BCUT2D eigenvalue weighted by atomic mass is 10.00. The quantitative estimate of drug-likeness (QED) is 0.0482. The number of aromatic amines is 2. The minimum absolute atomic E-state index is 0.401. The third kappa shape index (κ3) is 12.6. The molecule has 0 saturated heterocycles. The molecule has 9 aromatic rings. The first-order chi connectivity index (χ1) is 53.9. The van der Waals surface area contributed by atoms with Gasteiger partial charge in [-0.3, -0.25) is 0 Å². The fourth-order valence-corrected chi connectivity index (χ4v) is 16.6. The molecular weight excluding hydrogens is 1670 g/mol. The lowest BCUT2D eigenvalue weighted by Gasteiger charge is -2.12. The summed E-state index contributed by atoms with van der Waals surface area (Å²) in [6.07, 6.45) is 3.27. The van der Waals surface area contributed by atoms with Gasteiger partial charge in [-0.15, -0.1) is 47.0 Å². The Morgan fingerprint density at radius 1 is 0.175 bits per heavy atom. The number of nitrogens with zero attached hydrogens (tertiary/aromatic N) is 4. The highest BCUT2D eigenvalue weighted by molar-refractivity contribution is 8.03. The van der Waals surface area contributed by atoms with E-state index in [2.05, 4.69) is 29.9 Å². The zero-order valence-corrected chi connectivity index (χ0v) is 59.5. The van der Waals surface area contributed by atoms with Crippen LogP contribution in [0.3, 0.4) is 0 Å². The van der Waals surface area contributed by atoms with Gasteiger partial charge in [0.25, 0.3) is 0 Å². The molecule has 0 aliphatic carbocycles. The van der Waals surface area contributed by atoms with Gasteiger partial charge >= 0.3 is 0 Å². The largest absolute Gasteiger partial charge is 0.352 e. The third-order valence-corrected chi connectivity index (χ3v) is 21.5. The van der Waals surface area contributed by atoms with Crippen LogP contribution in [-0.2, 0) is 0 Å². The molecule has 6 nitrogen and oxygen atoms in total. The molecule has 7 heterocycles. The maximum atomic E-state index is 17.1. The van der Waals surface area contributed by atoms with Gasteiger partial charge < -0.3 is 9.97 Å². The van der Waals surface area contributed by atoms with Gasteiger partial charge in [-0.25, -0.2) is 152 Å². The summed E-state index contributed by atoms with van der Waals surface area (Å²) in [6.45, 7) is 5.02. The summed E-state index contributed by atoms with van der Waals surface area (Å²) >= 11 is 1.60. The molecule has 0 atom stereocenters. The smallest absolute Gasteiger partial charge is 0.200 e. The second kappa shape index (κ2) is 30.7. The summed E-state index contributed by atoms with van der Waals surface area (Å²) in [6, 6.07) is 0. The van der Waals surface area contributed by atoms with Crippen LogP contribution in [0.5, 0.6) is 0 Å². The van der Waals surface area contributed by atoms with Crippen LogP contribution in [0.2, 0.25) is 0 Å². The highest BCUT2D eigenvalue weighted by Crippen LogP contribution is 2.53. The van der Waals surface area contributed by atoms with Gasteiger partial charge in [-0.05, 0) is 71.6 Å². The van der Waals surface area contributed by atoms with E-state index in [0.717, 1.165) is 0 Å². The molecule has 0 unspecified atom stereocenters. The van der Waals surface area contributed by atoms with Crippen molar-refractivity contribution in [3.05, 3.63) is 220 Å². The minimum Gasteiger partial charge on any atom is -0.352 e. The van der Waals surface area contributed by atoms with Crippen LogP contribution in [0, 0.1) is 175 Å². The number of halogens is 30. The first-order valence-corrected chi connectivity index (χ1v) is 35.8. The van der Waals surface area contributed by atoms with E-state index in [4.69, 9.17) is 0 Å². The van der Waals surface area contributed by atoms with Gasteiger partial charge in [0.2, 0.25) is 34.9 Å². The molecule has 3 aromatic heterocycles. The van der Waals surface area contributed by atoms with E-state index in [1.54, 1.807) is 0 Å². The topological polar surface area (TPSA) is 83.1 Å². The van der Waals surface area contributed by atoms with Crippen molar-refractivity contribution in [1.82, 2.24) is 29.9 Å². The van der Waals surface area contributed by atoms with Crippen LogP contribution in [0.15, 0.2) is 19.6 Å². The molecule has 13 rings (SSSR count). The molecule has 12 bridgehead atoms. The Balaban J connectivity index is 1.44. The van der Waals surface area contributed by atoms with Gasteiger partial charge in [0.15, 0.2) is 140 Å². The molecule has 40 heteroatoms. The number of hydrogen-bond acceptors (Lipinski definition) is 8. The van der Waals surface area contributed by atoms with E-state index in [1.165, 1.54) is 27.7 Å². The maximum Gasteiger partial charge on any atom is 0.200 e. The van der Waals surface area contributed by atoms with E-state index in [9.17, 15) is 0 Å². The maximum absolute atomic E-state index is 17.1. The Bertz CT molecular complexity index is 5480. The first-order valence-electron chi connectivity index (χ1n) is 31.9. The first kappa shape index (κ1) is 81.5. The highest BCUT2D eigenvalue weighted by atomic mass is 32.2. The average molecular weight is 1700 g/mol. The number of nitrogens with one attached hydrogen (secondary N) is 2. The monoisotopic (exact) mass is 1700 g/mol. The Hall–Kier alpha value is -10.5. The number of hydrogen-bond donors (Lipinski definition) is 2. The number of fused-ring (bicyclic) bond motifs is 12. The van der Waals surface area contributed by atoms with Crippen molar-refractivity contribution in [3.8, 4) is 66.8 Å². The van der Waals surface area contributed by atoms with Gasteiger partial charge in [0.1, 0.15) is 0 Å². The number of benzene rings is 6. The van der Waals surface area contributed by atoms with Crippen molar-refractivity contribution in [1.29, 1.82) is 0 Å². The molecular formula is C74H30F30N6S4. The van der Waals surface area contributed by atoms with Crippen molar-refractivity contribution < 1.29 is 132 Å². The molecule has 0 amide bonds. The van der Waals surface area contributed by atoms with Crippen LogP contribution < -0.4 is 0 Å². The second-order valence-corrected chi connectivity index (χ2v) is 28.7. The van der Waals surface area contributed by atoms with Crippen molar-refractivity contribution in [2.24, 2.45) is 0 Å². The van der Waals surface area contributed by atoms with E-state index < -0.39 is 351 Å². The zero-order valence-electron chi connectivity index (χ0n) is 56.2. The Labute approximate surface area is 633 Å². The summed E-state index contributed by atoms with van der Waals surface area (Å²) in [7, 11) is 0. The van der Waals surface area contributed by atoms with Crippen molar-refractivity contribution in [2.45, 2.75) is 47.3 Å². The van der Waals surface area contributed by atoms with E-state index in [1.807, 2.05) is 0 Å². The molecule has 114 heavy (non-hydrogen) atoms. The molecule has 0 radical (unpaired) electrons. The van der Waals surface area contributed by atoms with Crippen LogP contribution in [0.25, 0.3) is 137 Å². The fraction of sp³-hybridized carbons (Fsp3) is 0.108. The SMILES string of the molecule is CCSc1c(SCC)c2[nH]c1c(-c1c(F)c(F)c(F)c(F)c1F)c1nc(c(-c3c(F)c(F)c(F)c(F)c3F)c3nc(c(-c4c(F)c(F)c(F)c(F)c4F)c4[nH]c(c(SCC)c4SCC)c(-c4c(F)c(F)c(F)c(F)c4F)c4nc(c(-c5c(F)c(F)c(F)c(F)c5F)c5nc(c2-c2c(F)c(F)c(F)c(F)c2F)C=C5)C=C4)C=C3)C=C1. The van der Waals surface area contributed by atoms with Crippen molar-refractivity contribution >= 4 is 118 Å². The Morgan fingerprint density at radius 2 is 0.289 bits per heavy atom.